The van der Waals surface area contributed by atoms with Crippen molar-refractivity contribution in [3.8, 4) is 0 Å². The van der Waals surface area contributed by atoms with Crippen LogP contribution in [0.1, 0.15) is 46.0 Å². The third-order valence-corrected chi connectivity index (χ3v) is 3.50. The van der Waals surface area contributed by atoms with Gasteiger partial charge in [-0.15, -0.1) is 0 Å². The summed E-state index contributed by atoms with van der Waals surface area (Å²) in [4.78, 5) is 35.0. The number of carbonyl (C=O) groups excluding carboxylic acids is 3. The Labute approximate surface area is 135 Å². The van der Waals surface area contributed by atoms with Gasteiger partial charge in [0.1, 0.15) is 6.10 Å². The predicted octanol–water partition coefficient (Wildman–Crippen LogP) is 0.661. The average molecular weight is 328 g/mol. The summed E-state index contributed by atoms with van der Waals surface area (Å²) >= 11 is 0. The van der Waals surface area contributed by atoms with Crippen LogP contribution in [0.3, 0.4) is 0 Å². The number of carbonyl (C=O) groups is 3. The summed E-state index contributed by atoms with van der Waals surface area (Å²) in [6.07, 6.45) is -0.274. The fourth-order valence-corrected chi connectivity index (χ4v) is 2.10. The first-order valence-electron chi connectivity index (χ1n) is 7.75. The maximum Gasteiger partial charge on any atom is 0.330 e. The molecule has 1 aliphatic heterocycles. The number of ketones is 1. The molecule has 4 unspecified atom stereocenters. The summed E-state index contributed by atoms with van der Waals surface area (Å²) in [7, 11) is 0. The SMILES string of the molecule is CC1CCC(=O)C(O)CC(=O)OC(C)CCC(O)C=CC(=O)O1. The van der Waals surface area contributed by atoms with E-state index < -0.39 is 48.6 Å². The van der Waals surface area contributed by atoms with Crippen molar-refractivity contribution in [1.29, 1.82) is 0 Å². The number of rotatable bonds is 0. The van der Waals surface area contributed by atoms with Gasteiger partial charge in [0.25, 0.3) is 0 Å². The smallest absolute Gasteiger partial charge is 0.330 e. The van der Waals surface area contributed by atoms with Crippen LogP contribution in [0.5, 0.6) is 0 Å². The monoisotopic (exact) mass is 328 g/mol. The fraction of sp³-hybridized carbons (Fsp3) is 0.688. The number of esters is 2. The van der Waals surface area contributed by atoms with E-state index in [1.54, 1.807) is 13.8 Å². The number of ether oxygens (including phenoxy) is 2. The van der Waals surface area contributed by atoms with Crippen molar-refractivity contribution in [3.63, 3.8) is 0 Å². The molecule has 0 spiro atoms. The van der Waals surface area contributed by atoms with E-state index in [1.807, 2.05) is 0 Å². The molecule has 7 nitrogen and oxygen atoms in total. The number of cyclic esters (lactones) is 2. The molecule has 0 bridgehead atoms. The van der Waals surface area contributed by atoms with Crippen molar-refractivity contribution in [2.24, 2.45) is 0 Å². The summed E-state index contributed by atoms with van der Waals surface area (Å²) in [6, 6.07) is 0. The van der Waals surface area contributed by atoms with E-state index in [0.717, 1.165) is 6.08 Å². The molecule has 0 saturated carbocycles. The fourth-order valence-electron chi connectivity index (χ4n) is 2.10. The summed E-state index contributed by atoms with van der Waals surface area (Å²) in [5.41, 5.74) is 0. The van der Waals surface area contributed by atoms with Crippen molar-refractivity contribution in [2.75, 3.05) is 0 Å². The molecule has 0 fully saturated rings. The molecule has 1 heterocycles. The van der Waals surface area contributed by atoms with Crippen LogP contribution < -0.4 is 0 Å². The van der Waals surface area contributed by atoms with Gasteiger partial charge in [0.15, 0.2) is 5.78 Å². The van der Waals surface area contributed by atoms with Crippen molar-refractivity contribution in [3.05, 3.63) is 12.2 Å². The van der Waals surface area contributed by atoms with Crippen LogP contribution in [-0.4, -0.2) is 52.4 Å². The number of hydrogen-bond acceptors (Lipinski definition) is 7. The predicted molar refractivity (Wildman–Crippen MR) is 80.4 cm³/mol. The van der Waals surface area contributed by atoms with Crippen LogP contribution in [0.15, 0.2) is 12.2 Å². The zero-order valence-electron chi connectivity index (χ0n) is 13.4. The topological polar surface area (TPSA) is 110 Å². The Balaban J connectivity index is 2.74. The Bertz CT molecular complexity index is 457. The first-order chi connectivity index (χ1) is 10.8. The van der Waals surface area contributed by atoms with Gasteiger partial charge in [-0.05, 0) is 39.2 Å². The Hall–Kier alpha value is -1.73. The van der Waals surface area contributed by atoms with Crippen molar-refractivity contribution >= 4 is 17.7 Å². The van der Waals surface area contributed by atoms with Crippen LogP contribution in [-0.2, 0) is 23.9 Å². The standard InChI is InChI=1S/C16H24O7/c1-10-3-5-12(17)6-8-15(20)22-11(2)4-7-13(18)14(19)9-16(21)23-10/h6,8,10-12,14,17,19H,3-5,7,9H2,1-2H3. The van der Waals surface area contributed by atoms with Crippen molar-refractivity contribution in [1.82, 2.24) is 0 Å². The van der Waals surface area contributed by atoms with Gasteiger partial charge in [-0.1, -0.05) is 0 Å². The van der Waals surface area contributed by atoms with Gasteiger partial charge in [-0.2, -0.15) is 0 Å². The number of aliphatic hydroxyl groups is 2. The molecule has 2 N–H and O–H groups in total. The van der Waals surface area contributed by atoms with Gasteiger partial charge in [0.2, 0.25) is 0 Å². The highest BCUT2D eigenvalue weighted by Gasteiger charge is 2.22. The molecular weight excluding hydrogens is 304 g/mol. The van der Waals surface area contributed by atoms with Gasteiger partial charge < -0.3 is 19.7 Å². The van der Waals surface area contributed by atoms with E-state index in [9.17, 15) is 24.6 Å². The lowest BCUT2D eigenvalue weighted by Crippen LogP contribution is -2.28. The van der Waals surface area contributed by atoms with Gasteiger partial charge in [-0.25, -0.2) is 4.79 Å². The highest BCUT2D eigenvalue weighted by Crippen LogP contribution is 2.11. The van der Waals surface area contributed by atoms with E-state index in [2.05, 4.69) is 0 Å². The van der Waals surface area contributed by atoms with E-state index in [4.69, 9.17) is 9.47 Å². The minimum atomic E-state index is -1.42. The molecule has 0 aromatic carbocycles. The lowest BCUT2D eigenvalue weighted by Gasteiger charge is -2.17. The molecule has 1 aliphatic rings. The molecule has 23 heavy (non-hydrogen) atoms. The number of aliphatic hydroxyl groups excluding tert-OH is 2. The van der Waals surface area contributed by atoms with Crippen LogP contribution >= 0.6 is 0 Å². The van der Waals surface area contributed by atoms with Gasteiger partial charge in [0, 0.05) is 12.5 Å². The van der Waals surface area contributed by atoms with Crippen LogP contribution in [0.25, 0.3) is 0 Å². The van der Waals surface area contributed by atoms with Crippen LogP contribution in [0, 0.1) is 0 Å². The molecule has 0 saturated heterocycles. The molecule has 4 atom stereocenters. The summed E-state index contributed by atoms with van der Waals surface area (Å²) in [5.74, 6) is -1.75. The number of hydrogen-bond donors (Lipinski definition) is 2. The van der Waals surface area contributed by atoms with E-state index in [-0.39, 0.29) is 12.8 Å². The maximum absolute atomic E-state index is 11.8. The molecule has 130 valence electrons. The molecular formula is C16H24O7. The second-order valence-corrected chi connectivity index (χ2v) is 5.78. The van der Waals surface area contributed by atoms with E-state index in [0.29, 0.717) is 12.8 Å². The first-order valence-corrected chi connectivity index (χ1v) is 7.75. The minimum absolute atomic E-state index is 0.00914. The second-order valence-electron chi connectivity index (χ2n) is 5.78. The molecule has 0 aromatic heterocycles. The summed E-state index contributed by atoms with van der Waals surface area (Å²) < 4.78 is 10.1. The van der Waals surface area contributed by atoms with Gasteiger partial charge in [-0.3, -0.25) is 9.59 Å². The Morgan fingerprint density at radius 1 is 1.00 bits per heavy atom. The Morgan fingerprint density at radius 3 is 2.35 bits per heavy atom. The second kappa shape index (κ2) is 9.42. The van der Waals surface area contributed by atoms with E-state index in [1.165, 1.54) is 6.08 Å². The maximum atomic E-state index is 11.8. The van der Waals surface area contributed by atoms with Crippen molar-refractivity contribution < 1.29 is 34.1 Å². The van der Waals surface area contributed by atoms with Gasteiger partial charge >= 0.3 is 11.9 Å². The first kappa shape index (κ1) is 19.3. The third-order valence-electron chi connectivity index (χ3n) is 3.50. The molecule has 0 amide bonds. The molecule has 0 radical (unpaired) electrons. The molecule has 0 aromatic rings. The average Bonchev–Trinajstić information content (AvgIpc) is 2.47. The highest BCUT2D eigenvalue weighted by atomic mass is 16.5. The molecule has 1 rings (SSSR count). The lowest BCUT2D eigenvalue weighted by molar-refractivity contribution is -0.153. The van der Waals surface area contributed by atoms with E-state index >= 15 is 0 Å². The lowest BCUT2D eigenvalue weighted by atomic mass is 10.1. The van der Waals surface area contributed by atoms with Crippen LogP contribution in [0.2, 0.25) is 0 Å². The highest BCUT2D eigenvalue weighted by molar-refractivity contribution is 5.87. The minimum Gasteiger partial charge on any atom is -0.463 e. The van der Waals surface area contributed by atoms with Gasteiger partial charge in [0.05, 0.1) is 24.7 Å². The summed E-state index contributed by atoms with van der Waals surface area (Å²) in [6.45, 7) is 3.28. The third kappa shape index (κ3) is 7.90. The van der Waals surface area contributed by atoms with Crippen molar-refractivity contribution in [2.45, 2.75) is 70.4 Å². The summed E-state index contributed by atoms with van der Waals surface area (Å²) in [5, 5.41) is 19.5. The van der Waals surface area contributed by atoms with Crippen LogP contribution in [0.4, 0.5) is 0 Å². The molecule has 0 aliphatic carbocycles. The molecule has 7 heteroatoms. The Morgan fingerprint density at radius 2 is 1.65 bits per heavy atom. The zero-order valence-corrected chi connectivity index (χ0v) is 13.4. The number of Topliss-reactive ketones (excluding diaryl/α,β-unsaturated/α-hetero) is 1. The largest absolute Gasteiger partial charge is 0.463 e. The Kier molecular flexibility index (Phi) is 7.91. The normalized spacial score (nSPS) is 32.3. The zero-order chi connectivity index (χ0) is 17.4. The quantitative estimate of drug-likeness (QED) is 0.629.